The zero-order chi connectivity index (χ0) is 17.1. The molecule has 1 heterocycles. The van der Waals surface area contributed by atoms with E-state index in [-0.39, 0.29) is 5.75 Å². The molecule has 3 rings (SSSR count). The molecule has 0 fully saturated rings. The molecule has 0 spiro atoms. The SMILES string of the molecule is CCOc1cc(Br)c(Br)c(C=Nc2ccc3ncccc3c2)c1O. The first-order chi connectivity index (χ1) is 11.6. The Bertz CT molecular complexity index is 926. The summed E-state index contributed by atoms with van der Waals surface area (Å²) in [5, 5.41) is 11.4. The summed E-state index contributed by atoms with van der Waals surface area (Å²) in [4.78, 5) is 8.76. The molecule has 0 saturated heterocycles. The fourth-order valence-electron chi connectivity index (χ4n) is 2.28. The van der Waals surface area contributed by atoms with Crippen molar-refractivity contribution in [3.8, 4) is 11.5 Å². The molecule has 1 aromatic heterocycles. The third-order valence-corrected chi connectivity index (χ3v) is 5.43. The van der Waals surface area contributed by atoms with Gasteiger partial charge in [-0.2, -0.15) is 0 Å². The van der Waals surface area contributed by atoms with Crippen molar-refractivity contribution < 1.29 is 9.84 Å². The van der Waals surface area contributed by atoms with Crippen molar-refractivity contribution in [1.29, 1.82) is 0 Å². The molecule has 0 saturated carbocycles. The maximum absolute atomic E-state index is 10.4. The Balaban J connectivity index is 2.01. The minimum absolute atomic E-state index is 0.0538. The topological polar surface area (TPSA) is 54.7 Å². The van der Waals surface area contributed by atoms with E-state index < -0.39 is 0 Å². The number of rotatable bonds is 4. The van der Waals surface area contributed by atoms with Gasteiger partial charge in [-0.25, -0.2) is 0 Å². The predicted molar refractivity (Wildman–Crippen MR) is 104 cm³/mol. The highest BCUT2D eigenvalue weighted by molar-refractivity contribution is 9.13. The van der Waals surface area contributed by atoms with Gasteiger partial charge in [0, 0.05) is 26.7 Å². The van der Waals surface area contributed by atoms with Gasteiger partial charge >= 0.3 is 0 Å². The second-order valence-electron chi connectivity index (χ2n) is 5.00. The molecular weight excluding hydrogens is 436 g/mol. The maximum Gasteiger partial charge on any atom is 0.167 e. The largest absolute Gasteiger partial charge is 0.504 e. The molecule has 2 aromatic carbocycles. The minimum atomic E-state index is 0.0538. The first-order valence-corrected chi connectivity index (χ1v) is 8.91. The number of phenols is 1. The second-order valence-corrected chi connectivity index (χ2v) is 6.65. The van der Waals surface area contributed by atoms with Crippen LogP contribution in [0.15, 0.2) is 56.5 Å². The first-order valence-electron chi connectivity index (χ1n) is 7.32. The molecule has 0 amide bonds. The summed E-state index contributed by atoms with van der Waals surface area (Å²) < 4.78 is 6.95. The Morgan fingerprint density at radius 3 is 2.88 bits per heavy atom. The van der Waals surface area contributed by atoms with Gasteiger partial charge in [0.15, 0.2) is 11.5 Å². The number of hydrogen-bond donors (Lipinski definition) is 1. The number of phenolic OH excluding ortho intramolecular Hbond substituents is 1. The third-order valence-electron chi connectivity index (χ3n) is 3.42. The molecule has 4 nitrogen and oxygen atoms in total. The third kappa shape index (κ3) is 3.44. The van der Waals surface area contributed by atoms with Crippen LogP contribution in [0, 0.1) is 0 Å². The number of ether oxygens (including phenoxy) is 1. The second kappa shape index (κ2) is 7.32. The summed E-state index contributed by atoms with van der Waals surface area (Å²) in [5.41, 5.74) is 2.25. The van der Waals surface area contributed by atoms with Crippen LogP contribution in [0.5, 0.6) is 11.5 Å². The van der Waals surface area contributed by atoms with E-state index in [1.165, 1.54) is 0 Å². The summed E-state index contributed by atoms with van der Waals surface area (Å²) in [6, 6.07) is 11.4. The molecule has 0 aliphatic rings. The molecular formula is C18H14Br2N2O2. The average molecular weight is 450 g/mol. The van der Waals surface area contributed by atoms with E-state index in [4.69, 9.17) is 4.74 Å². The van der Waals surface area contributed by atoms with Crippen molar-refractivity contribution in [3.05, 3.63) is 57.1 Å². The number of fused-ring (bicyclic) bond motifs is 1. The van der Waals surface area contributed by atoms with Crippen LogP contribution in [0.4, 0.5) is 5.69 Å². The van der Waals surface area contributed by atoms with Crippen molar-refractivity contribution in [2.24, 2.45) is 4.99 Å². The Labute approximate surface area is 156 Å². The van der Waals surface area contributed by atoms with E-state index in [0.717, 1.165) is 25.5 Å². The Hall–Kier alpha value is -1.92. The highest BCUT2D eigenvalue weighted by Crippen LogP contribution is 2.40. The summed E-state index contributed by atoms with van der Waals surface area (Å²) in [7, 11) is 0. The normalized spacial score (nSPS) is 11.3. The van der Waals surface area contributed by atoms with E-state index in [1.54, 1.807) is 18.5 Å². The number of aliphatic imine (C=N–C) groups is 1. The van der Waals surface area contributed by atoms with Crippen LogP contribution >= 0.6 is 31.9 Å². The Morgan fingerprint density at radius 2 is 2.08 bits per heavy atom. The molecule has 0 atom stereocenters. The fraction of sp³-hybridized carbons (Fsp3) is 0.111. The van der Waals surface area contributed by atoms with Crippen molar-refractivity contribution >= 4 is 54.7 Å². The zero-order valence-corrected chi connectivity index (χ0v) is 16.0. The van der Waals surface area contributed by atoms with Crippen LogP contribution in [-0.2, 0) is 0 Å². The molecule has 1 N–H and O–H groups in total. The van der Waals surface area contributed by atoms with Crippen LogP contribution in [0.1, 0.15) is 12.5 Å². The van der Waals surface area contributed by atoms with Crippen LogP contribution in [-0.4, -0.2) is 22.9 Å². The lowest BCUT2D eigenvalue weighted by molar-refractivity contribution is 0.317. The van der Waals surface area contributed by atoms with E-state index in [9.17, 15) is 5.11 Å². The average Bonchev–Trinajstić information content (AvgIpc) is 2.59. The van der Waals surface area contributed by atoms with E-state index in [2.05, 4.69) is 41.8 Å². The number of halogens is 2. The van der Waals surface area contributed by atoms with Crippen molar-refractivity contribution in [3.63, 3.8) is 0 Å². The van der Waals surface area contributed by atoms with Crippen LogP contribution in [0.3, 0.4) is 0 Å². The first kappa shape index (κ1) is 16.9. The van der Waals surface area contributed by atoms with Gasteiger partial charge in [0.1, 0.15) is 0 Å². The lowest BCUT2D eigenvalue weighted by Crippen LogP contribution is -1.95. The molecule has 0 bridgehead atoms. The predicted octanol–water partition coefficient (Wildman–Crippen LogP) is 5.61. The molecule has 0 aliphatic heterocycles. The molecule has 0 aliphatic carbocycles. The smallest absolute Gasteiger partial charge is 0.167 e. The fourth-order valence-corrected chi connectivity index (χ4v) is 3.10. The quantitative estimate of drug-likeness (QED) is 0.526. The van der Waals surface area contributed by atoms with Gasteiger partial charge in [-0.3, -0.25) is 9.98 Å². The van der Waals surface area contributed by atoms with Gasteiger partial charge in [0.2, 0.25) is 0 Å². The maximum atomic E-state index is 10.4. The summed E-state index contributed by atoms with van der Waals surface area (Å²) in [5.74, 6) is 0.467. The molecule has 24 heavy (non-hydrogen) atoms. The monoisotopic (exact) mass is 448 g/mol. The highest BCUT2D eigenvalue weighted by Gasteiger charge is 2.14. The van der Waals surface area contributed by atoms with E-state index in [1.807, 2.05) is 37.3 Å². The summed E-state index contributed by atoms with van der Waals surface area (Å²) in [6.07, 6.45) is 3.38. The number of hydrogen-bond acceptors (Lipinski definition) is 4. The van der Waals surface area contributed by atoms with Crippen molar-refractivity contribution in [2.45, 2.75) is 6.92 Å². The van der Waals surface area contributed by atoms with Gasteiger partial charge in [0.25, 0.3) is 0 Å². The zero-order valence-electron chi connectivity index (χ0n) is 12.8. The number of pyridine rings is 1. The number of aromatic hydroxyl groups is 1. The minimum Gasteiger partial charge on any atom is -0.504 e. The number of nitrogens with zero attached hydrogens (tertiary/aromatic N) is 2. The lowest BCUT2D eigenvalue weighted by Gasteiger charge is -2.11. The Morgan fingerprint density at radius 1 is 1.25 bits per heavy atom. The van der Waals surface area contributed by atoms with Gasteiger partial charge in [-0.05, 0) is 69.1 Å². The molecule has 3 aromatic rings. The Kier molecular flexibility index (Phi) is 5.16. The van der Waals surface area contributed by atoms with Crippen LogP contribution in [0.2, 0.25) is 0 Å². The molecule has 6 heteroatoms. The van der Waals surface area contributed by atoms with Gasteiger partial charge in [-0.1, -0.05) is 6.07 Å². The van der Waals surface area contributed by atoms with Gasteiger partial charge in [0.05, 0.1) is 23.4 Å². The number of benzene rings is 2. The molecule has 0 radical (unpaired) electrons. The van der Waals surface area contributed by atoms with Crippen molar-refractivity contribution in [2.75, 3.05) is 6.61 Å². The lowest BCUT2D eigenvalue weighted by atomic mass is 10.2. The summed E-state index contributed by atoms with van der Waals surface area (Å²) in [6.45, 7) is 2.34. The van der Waals surface area contributed by atoms with E-state index in [0.29, 0.717) is 17.9 Å². The highest BCUT2D eigenvalue weighted by atomic mass is 79.9. The van der Waals surface area contributed by atoms with Crippen molar-refractivity contribution in [1.82, 2.24) is 4.98 Å². The van der Waals surface area contributed by atoms with Gasteiger partial charge < -0.3 is 9.84 Å². The van der Waals surface area contributed by atoms with E-state index >= 15 is 0 Å². The molecule has 0 unspecified atom stereocenters. The van der Waals surface area contributed by atoms with Crippen LogP contribution < -0.4 is 4.74 Å². The standard InChI is InChI=1S/C18H14Br2N2O2/c1-2-24-16-9-14(19)17(20)13(18(16)23)10-22-12-5-6-15-11(8-12)4-3-7-21-15/h3-10,23H,2H2,1H3. The molecule has 122 valence electrons. The van der Waals surface area contributed by atoms with Gasteiger partial charge in [-0.15, -0.1) is 0 Å². The number of aromatic nitrogens is 1. The van der Waals surface area contributed by atoms with Crippen LogP contribution in [0.25, 0.3) is 10.9 Å². The summed E-state index contributed by atoms with van der Waals surface area (Å²) >= 11 is 6.92.